The minimum atomic E-state index is -1.28. The third-order valence-electron chi connectivity index (χ3n) is 4.46. The summed E-state index contributed by atoms with van der Waals surface area (Å²) >= 11 is -0.941. The van der Waals surface area contributed by atoms with Crippen LogP contribution in [0.15, 0.2) is 24.3 Å². The number of ether oxygens (including phenoxy) is 5. The van der Waals surface area contributed by atoms with Crippen LogP contribution in [0.2, 0.25) is 0 Å². The average Bonchev–Trinajstić information content (AvgIpc) is 2.70. The molecule has 0 N–H and O–H groups in total. The van der Waals surface area contributed by atoms with Crippen LogP contribution < -0.4 is 0 Å². The van der Waals surface area contributed by atoms with Gasteiger partial charge in [0.1, 0.15) is 0 Å². The Labute approximate surface area is 197 Å². The molecular weight excluding hydrogens is 503 g/mol. The summed E-state index contributed by atoms with van der Waals surface area (Å²) in [6, 6.07) is 6.92. The normalized spacial score (nSPS) is 24.3. The maximum atomic E-state index is 12.9. The van der Waals surface area contributed by atoms with Crippen molar-refractivity contribution < 1.29 is 47.7 Å². The number of esters is 4. The van der Waals surface area contributed by atoms with E-state index in [1.54, 1.807) is 24.3 Å². The van der Waals surface area contributed by atoms with E-state index in [0.29, 0.717) is 5.56 Å². The number of benzene rings is 1. The minimum absolute atomic E-state index is 0.247. The zero-order chi connectivity index (χ0) is 24.7. The number of carbonyl (C=O) groups is 5. The molecule has 10 nitrogen and oxygen atoms in total. The van der Waals surface area contributed by atoms with Crippen LogP contribution >= 0.6 is 0 Å². The van der Waals surface area contributed by atoms with E-state index in [1.807, 2.05) is 6.92 Å². The molecule has 1 fully saturated rings. The Hall–Kier alpha value is -2.75. The van der Waals surface area contributed by atoms with Crippen LogP contribution in [0.3, 0.4) is 0 Å². The summed E-state index contributed by atoms with van der Waals surface area (Å²) in [5.41, 5.74) is 1.42. The first-order valence-corrected chi connectivity index (χ1v) is 11.9. The molecule has 1 aliphatic rings. The van der Waals surface area contributed by atoms with Gasteiger partial charge >= 0.3 is 197 Å². The van der Waals surface area contributed by atoms with Gasteiger partial charge in [-0.15, -0.1) is 0 Å². The predicted octanol–water partition coefficient (Wildman–Crippen LogP) is 0.923. The van der Waals surface area contributed by atoms with Gasteiger partial charge in [0.15, 0.2) is 0 Å². The Kier molecular flexibility index (Phi) is 9.57. The van der Waals surface area contributed by atoms with Crippen molar-refractivity contribution in [3.63, 3.8) is 0 Å². The molecule has 0 amide bonds. The molecule has 11 heteroatoms. The molecule has 1 aliphatic heterocycles. The van der Waals surface area contributed by atoms with Crippen molar-refractivity contribution in [3.8, 4) is 0 Å². The maximum absolute atomic E-state index is 12.9. The topological polar surface area (TPSA) is 132 Å². The van der Waals surface area contributed by atoms with Crippen LogP contribution in [-0.4, -0.2) is 79.5 Å². The van der Waals surface area contributed by atoms with Gasteiger partial charge in [0.25, 0.3) is 0 Å². The Balaban J connectivity index is 2.42. The van der Waals surface area contributed by atoms with Crippen molar-refractivity contribution in [1.82, 2.24) is 0 Å². The van der Waals surface area contributed by atoms with Crippen LogP contribution in [0, 0.1) is 6.92 Å². The Morgan fingerprint density at radius 3 is 1.82 bits per heavy atom. The number of hydrogen-bond acceptors (Lipinski definition) is 10. The van der Waals surface area contributed by atoms with Gasteiger partial charge in [-0.25, -0.2) is 0 Å². The molecule has 0 spiro atoms. The van der Waals surface area contributed by atoms with Gasteiger partial charge in [-0.05, 0) is 0 Å². The van der Waals surface area contributed by atoms with Gasteiger partial charge in [0.05, 0.1) is 0 Å². The zero-order valence-electron chi connectivity index (χ0n) is 18.9. The van der Waals surface area contributed by atoms with Crippen molar-refractivity contribution in [2.45, 2.75) is 64.0 Å². The fourth-order valence-corrected chi connectivity index (χ4v) is 5.30. The van der Waals surface area contributed by atoms with Gasteiger partial charge in [-0.1, -0.05) is 0 Å². The molecule has 0 saturated carbocycles. The standard InChI is InChI=1S/C22H26O10Se/c1-11-6-8-16(9-7-11)21(27)33-22-20(31-15(5)26)19(30-14(4)25)18(29-13(3)24)17(32-22)10-28-12(2)23/h6-9,17-20,22H,10H2,1-5H3/t17-,18+,19+,20-,22+/m1/s1. The summed E-state index contributed by atoms with van der Waals surface area (Å²) in [6.45, 7) is 6.19. The van der Waals surface area contributed by atoms with Gasteiger partial charge < -0.3 is 0 Å². The van der Waals surface area contributed by atoms with E-state index in [2.05, 4.69) is 0 Å². The van der Waals surface area contributed by atoms with E-state index < -0.39 is 68.3 Å². The first kappa shape index (κ1) is 26.5. The van der Waals surface area contributed by atoms with Gasteiger partial charge in [0, 0.05) is 0 Å². The van der Waals surface area contributed by atoms with Crippen LogP contribution in [0.1, 0.15) is 43.6 Å². The molecule has 0 bridgehead atoms. The summed E-state index contributed by atoms with van der Waals surface area (Å²) in [6.07, 6.45) is -4.80. The van der Waals surface area contributed by atoms with Crippen molar-refractivity contribution >= 4 is 43.5 Å². The SMILES string of the molecule is CC(=O)OC[C@H]1O[C@@H]([Se]C(=O)c2ccc(C)cc2)[C@H](OC(C)=O)[C@@H](OC(C)=O)[C@H]1OC(C)=O. The molecule has 0 aromatic heterocycles. The van der Waals surface area contributed by atoms with Crippen molar-refractivity contribution in [2.24, 2.45) is 0 Å². The molecule has 180 valence electrons. The molecule has 5 atom stereocenters. The van der Waals surface area contributed by atoms with Crippen LogP contribution in [0.5, 0.6) is 0 Å². The molecule has 1 saturated heterocycles. The molecule has 0 radical (unpaired) electrons. The Morgan fingerprint density at radius 2 is 1.30 bits per heavy atom. The number of carbonyl (C=O) groups excluding carboxylic acids is 5. The van der Waals surface area contributed by atoms with Gasteiger partial charge in [-0.2, -0.15) is 0 Å². The summed E-state index contributed by atoms with van der Waals surface area (Å²) in [4.78, 5) is 59.7. The third-order valence-corrected chi connectivity index (χ3v) is 6.69. The fourth-order valence-electron chi connectivity index (χ4n) is 3.15. The third kappa shape index (κ3) is 7.96. The fraction of sp³-hybridized carbons (Fsp3) is 0.500. The number of rotatable bonds is 8. The van der Waals surface area contributed by atoms with Crippen molar-refractivity contribution in [1.29, 1.82) is 0 Å². The first-order chi connectivity index (χ1) is 15.5. The van der Waals surface area contributed by atoms with Gasteiger partial charge in [-0.3, -0.25) is 0 Å². The van der Waals surface area contributed by atoms with Crippen LogP contribution in [0.4, 0.5) is 0 Å². The first-order valence-electron chi connectivity index (χ1n) is 10.1. The second-order valence-electron chi connectivity index (χ2n) is 7.34. The monoisotopic (exact) mass is 530 g/mol. The Morgan fingerprint density at radius 1 is 0.788 bits per heavy atom. The summed E-state index contributed by atoms with van der Waals surface area (Å²) in [7, 11) is 0. The molecule has 1 heterocycles. The summed E-state index contributed by atoms with van der Waals surface area (Å²) in [5.74, 6) is -2.75. The average molecular weight is 529 g/mol. The van der Waals surface area contributed by atoms with E-state index >= 15 is 0 Å². The molecular formula is C22H26O10Se. The quantitative estimate of drug-likeness (QED) is 0.272. The van der Waals surface area contributed by atoms with E-state index in [1.165, 1.54) is 6.92 Å². The number of hydrogen-bond donors (Lipinski definition) is 0. The second-order valence-corrected chi connectivity index (χ2v) is 9.59. The molecule has 1 aromatic carbocycles. The summed E-state index contributed by atoms with van der Waals surface area (Å²) in [5, 5.41) is -1.01. The van der Waals surface area contributed by atoms with E-state index in [4.69, 9.17) is 23.7 Å². The molecule has 0 aliphatic carbocycles. The van der Waals surface area contributed by atoms with E-state index in [0.717, 1.165) is 26.3 Å². The predicted molar refractivity (Wildman–Crippen MR) is 113 cm³/mol. The van der Waals surface area contributed by atoms with E-state index in [-0.39, 0.29) is 11.3 Å². The Bertz CT molecular complexity index is 897. The zero-order valence-corrected chi connectivity index (χ0v) is 20.6. The summed E-state index contributed by atoms with van der Waals surface area (Å²) < 4.78 is 26.8. The van der Waals surface area contributed by atoms with Crippen molar-refractivity contribution in [3.05, 3.63) is 35.4 Å². The molecule has 2 rings (SSSR count). The molecule has 33 heavy (non-hydrogen) atoms. The van der Waals surface area contributed by atoms with E-state index in [9.17, 15) is 24.0 Å². The van der Waals surface area contributed by atoms with Gasteiger partial charge in [0.2, 0.25) is 0 Å². The van der Waals surface area contributed by atoms with Crippen molar-refractivity contribution in [2.75, 3.05) is 6.61 Å². The second kappa shape index (κ2) is 11.9. The van der Waals surface area contributed by atoms with Crippen LogP contribution in [-0.2, 0) is 42.9 Å². The molecule has 1 aromatic rings. The molecule has 0 unspecified atom stereocenters. The number of aryl methyl sites for hydroxylation is 1. The van der Waals surface area contributed by atoms with Crippen LogP contribution in [0.25, 0.3) is 0 Å².